The van der Waals surface area contributed by atoms with Gasteiger partial charge < -0.3 is 20.5 Å². The standard InChI is InChI=1S/C18H24BrClN2O4/c1-9(10-5-12(6-10)22-17(25)26-18(2,3)4)21-14-8-11(16(23)24)7-13(19)15(14)20/h7-10,12,21H,5-6H2,1-4H3,(H,22,25)(H,23,24)/t9-,10?,12?/m0/s1. The van der Waals surface area contributed by atoms with Gasteiger partial charge in [0, 0.05) is 16.6 Å². The second-order valence-corrected chi connectivity index (χ2v) is 8.86. The number of benzene rings is 1. The van der Waals surface area contributed by atoms with Crippen molar-refractivity contribution in [2.24, 2.45) is 5.92 Å². The third-order valence-electron chi connectivity index (χ3n) is 4.26. The van der Waals surface area contributed by atoms with E-state index in [-0.39, 0.29) is 17.6 Å². The lowest BCUT2D eigenvalue weighted by Gasteiger charge is -2.40. The van der Waals surface area contributed by atoms with Crippen molar-refractivity contribution in [3.05, 3.63) is 27.2 Å². The van der Waals surface area contributed by atoms with Crippen LogP contribution in [0, 0.1) is 5.92 Å². The van der Waals surface area contributed by atoms with Gasteiger partial charge in [-0.1, -0.05) is 11.6 Å². The van der Waals surface area contributed by atoms with E-state index in [9.17, 15) is 14.7 Å². The fourth-order valence-corrected chi connectivity index (χ4v) is 3.47. The van der Waals surface area contributed by atoms with Gasteiger partial charge in [-0.15, -0.1) is 0 Å². The number of halogens is 2. The van der Waals surface area contributed by atoms with Crippen LogP contribution in [0.25, 0.3) is 0 Å². The predicted octanol–water partition coefficient (Wildman–Crippen LogP) is 4.90. The number of ether oxygens (including phenoxy) is 1. The molecule has 1 aromatic rings. The van der Waals surface area contributed by atoms with E-state index >= 15 is 0 Å². The van der Waals surface area contributed by atoms with Crippen molar-refractivity contribution in [3.63, 3.8) is 0 Å². The van der Waals surface area contributed by atoms with E-state index in [1.54, 1.807) is 0 Å². The average molecular weight is 448 g/mol. The third kappa shape index (κ3) is 5.51. The number of hydrogen-bond acceptors (Lipinski definition) is 4. The summed E-state index contributed by atoms with van der Waals surface area (Å²) in [5.74, 6) is -0.665. The molecule has 1 fully saturated rings. The van der Waals surface area contributed by atoms with Crippen LogP contribution in [0.15, 0.2) is 16.6 Å². The minimum absolute atomic E-state index is 0.0835. The van der Waals surface area contributed by atoms with Crippen molar-refractivity contribution < 1.29 is 19.4 Å². The van der Waals surface area contributed by atoms with Gasteiger partial charge in [0.25, 0.3) is 0 Å². The topological polar surface area (TPSA) is 87.7 Å². The highest BCUT2D eigenvalue weighted by Gasteiger charge is 2.35. The lowest BCUT2D eigenvalue weighted by molar-refractivity contribution is 0.0446. The molecule has 1 aliphatic carbocycles. The Kier molecular flexibility index (Phi) is 6.45. The van der Waals surface area contributed by atoms with Crippen LogP contribution in [-0.2, 0) is 4.74 Å². The Morgan fingerprint density at radius 2 is 1.96 bits per heavy atom. The maximum absolute atomic E-state index is 11.8. The summed E-state index contributed by atoms with van der Waals surface area (Å²) in [6.45, 7) is 7.51. The average Bonchev–Trinajstić information content (AvgIpc) is 2.44. The first-order chi connectivity index (χ1) is 12.0. The first-order valence-corrected chi connectivity index (χ1v) is 9.61. The van der Waals surface area contributed by atoms with Gasteiger partial charge in [0.2, 0.25) is 0 Å². The number of aromatic carboxylic acids is 1. The molecule has 26 heavy (non-hydrogen) atoms. The Morgan fingerprint density at radius 3 is 2.50 bits per heavy atom. The van der Waals surface area contributed by atoms with Crippen molar-refractivity contribution in [1.82, 2.24) is 5.32 Å². The number of hydrogen-bond donors (Lipinski definition) is 3. The molecule has 1 amide bonds. The highest BCUT2D eigenvalue weighted by molar-refractivity contribution is 9.10. The Bertz CT molecular complexity index is 699. The second-order valence-electron chi connectivity index (χ2n) is 7.63. The predicted molar refractivity (Wildman–Crippen MR) is 105 cm³/mol. The van der Waals surface area contributed by atoms with E-state index in [4.69, 9.17) is 16.3 Å². The van der Waals surface area contributed by atoms with E-state index in [2.05, 4.69) is 26.6 Å². The summed E-state index contributed by atoms with van der Waals surface area (Å²) in [6.07, 6.45) is 1.25. The van der Waals surface area contributed by atoms with Crippen molar-refractivity contribution in [2.45, 2.75) is 58.2 Å². The highest BCUT2D eigenvalue weighted by atomic mass is 79.9. The van der Waals surface area contributed by atoms with Gasteiger partial charge in [-0.25, -0.2) is 9.59 Å². The second kappa shape index (κ2) is 8.05. The van der Waals surface area contributed by atoms with Gasteiger partial charge in [-0.05, 0) is 74.5 Å². The van der Waals surface area contributed by atoms with Crippen LogP contribution in [0.1, 0.15) is 50.9 Å². The van der Waals surface area contributed by atoms with Gasteiger partial charge in [0.1, 0.15) is 5.60 Å². The summed E-state index contributed by atoms with van der Waals surface area (Å²) in [4.78, 5) is 23.0. The molecule has 0 radical (unpaired) electrons. The van der Waals surface area contributed by atoms with Gasteiger partial charge in [0.05, 0.1) is 16.3 Å². The third-order valence-corrected chi connectivity index (χ3v) is 5.52. The Morgan fingerprint density at radius 1 is 1.35 bits per heavy atom. The fourth-order valence-electron chi connectivity index (χ4n) is 2.84. The largest absolute Gasteiger partial charge is 0.478 e. The van der Waals surface area contributed by atoms with E-state index in [0.717, 1.165) is 12.8 Å². The lowest BCUT2D eigenvalue weighted by atomic mass is 9.76. The molecular weight excluding hydrogens is 424 g/mol. The number of anilines is 1. The first kappa shape index (κ1) is 20.8. The van der Waals surface area contributed by atoms with E-state index in [1.807, 2.05) is 27.7 Å². The SMILES string of the molecule is C[C@H](Nc1cc(C(=O)O)cc(Br)c1Cl)C1CC(NC(=O)OC(C)(C)C)C1. The lowest BCUT2D eigenvalue weighted by Crippen LogP contribution is -2.49. The Labute approximate surface area is 166 Å². The molecule has 0 spiro atoms. The maximum atomic E-state index is 11.8. The molecule has 1 aliphatic rings. The molecule has 144 valence electrons. The molecule has 0 heterocycles. The van der Waals surface area contributed by atoms with Gasteiger partial charge in [-0.2, -0.15) is 0 Å². The molecule has 8 heteroatoms. The van der Waals surface area contributed by atoms with E-state index < -0.39 is 17.7 Å². The number of carboxylic acid groups (broad SMARTS) is 1. The number of nitrogens with one attached hydrogen (secondary N) is 2. The number of amides is 1. The van der Waals surface area contributed by atoms with E-state index in [0.29, 0.717) is 21.1 Å². The molecular formula is C18H24BrClN2O4. The zero-order valence-electron chi connectivity index (χ0n) is 15.2. The van der Waals surface area contributed by atoms with Crippen LogP contribution < -0.4 is 10.6 Å². The monoisotopic (exact) mass is 446 g/mol. The number of carbonyl (C=O) groups is 2. The molecule has 0 saturated heterocycles. The van der Waals surface area contributed by atoms with Crippen LogP contribution in [0.4, 0.5) is 10.5 Å². The normalized spacial score (nSPS) is 20.7. The summed E-state index contributed by atoms with van der Waals surface area (Å²) in [7, 11) is 0. The molecule has 1 saturated carbocycles. The first-order valence-electron chi connectivity index (χ1n) is 8.44. The molecule has 3 N–H and O–H groups in total. The van der Waals surface area contributed by atoms with Crippen LogP contribution in [0.5, 0.6) is 0 Å². The molecule has 6 nitrogen and oxygen atoms in total. The number of alkyl carbamates (subject to hydrolysis) is 1. The minimum atomic E-state index is -1.01. The van der Waals surface area contributed by atoms with Gasteiger partial charge in [-0.3, -0.25) is 0 Å². The summed E-state index contributed by atoms with van der Waals surface area (Å²) in [5.41, 5.74) is 0.227. The zero-order valence-corrected chi connectivity index (χ0v) is 17.6. The van der Waals surface area contributed by atoms with Crippen molar-refractivity contribution >= 4 is 45.3 Å². The van der Waals surface area contributed by atoms with E-state index in [1.165, 1.54) is 12.1 Å². The number of carbonyl (C=O) groups excluding carboxylic acids is 1. The molecule has 0 bridgehead atoms. The van der Waals surface area contributed by atoms with Gasteiger partial charge in [0.15, 0.2) is 0 Å². The molecule has 1 atom stereocenters. The van der Waals surface area contributed by atoms with Gasteiger partial charge >= 0.3 is 12.1 Å². The maximum Gasteiger partial charge on any atom is 0.407 e. The van der Waals surface area contributed by atoms with Crippen molar-refractivity contribution in [2.75, 3.05) is 5.32 Å². The molecule has 0 aliphatic heterocycles. The van der Waals surface area contributed by atoms with Crippen LogP contribution >= 0.6 is 27.5 Å². The van der Waals surface area contributed by atoms with Crippen molar-refractivity contribution in [1.29, 1.82) is 0 Å². The molecule has 0 aromatic heterocycles. The van der Waals surface area contributed by atoms with Crippen molar-refractivity contribution in [3.8, 4) is 0 Å². The Hall–Kier alpha value is -1.47. The van der Waals surface area contributed by atoms with Crippen LogP contribution in [0.3, 0.4) is 0 Å². The highest BCUT2D eigenvalue weighted by Crippen LogP contribution is 2.36. The van der Waals surface area contributed by atoms with Crippen LogP contribution in [-0.4, -0.2) is 34.9 Å². The fraction of sp³-hybridized carbons (Fsp3) is 0.556. The molecule has 1 aromatic carbocycles. The Balaban J connectivity index is 1.90. The summed E-state index contributed by atoms with van der Waals surface area (Å²) < 4.78 is 5.79. The number of carboxylic acids is 1. The molecule has 2 rings (SSSR count). The quantitative estimate of drug-likeness (QED) is 0.597. The summed E-state index contributed by atoms with van der Waals surface area (Å²) in [6, 6.07) is 3.18. The smallest absolute Gasteiger partial charge is 0.407 e. The molecule has 0 unspecified atom stereocenters. The zero-order chi connectivity index (χ0) is 19.6. The minimum Gasteiger partial charge on any atom is -0.478 e. The summed E-state index contributed by atoms with van der Waals surface area (Å²) >= 11 is 9.55. The number of rotatable bonds is 5. The van der Waals surface area contributed by atoms with Crippen LogP contribution in [0.2, 0.25) is 5.02 Å². The summed E-state index contributed by atoms with van der Waals surface area (Å²) in [5, 5.41) is 15.8.